The number of hydrogen-bond donors (Lipinski definition) is 1. The fourth-order valence-electron chi connectivity index (χ4n) is 2.54. The van der Waals surface area contributed by atoms with Gasteiger partial charge in [0.25, 0.3) is 5.56 Å². The van der Waals surface area contributed by atoms with E-state index in [0.29, 0.717) is 0 Å². The molecular formula is C18H20N2OS2. The number of aromatic amines is 1. The van der Waals surface area contributed by atoms with Gasteiger partial charge in [0.2, 0.25) is 0 Å². The molecule has 1 N–H and O–H groups in total. The van der Waals surface area contributed by atoms with Crippen molar-refractivity contribution >= 4 is 33.3 Å². The van der Waals surface area contributed by atoms with Crippen molar-refractivity contribution in [3.05, 3.63) is 55.9 Å². The van der Waals surface area contributed by atoms with Crippen LogP contribution in [0.3, 0.4) is 0 Å². The van der Waals surface area contributed by atoms with Crippen molar-refractivity contribution in [1.29, 1.82) is 0 Å². The van der Waals surface area contributed by atoms with Gasteiger partial charge in [0.05, 0.1) is 10.6 Å². The predicted molar refractivity (Wildman–Crippen MR) is 99.9 cm³/mol. The number of H-pyrrole nitrogens is 1. The Morgan fingerprint density at radius 3 is 2.70 bits per heavy atom. The van der Waals surface area contributed by atoms with E-state index in [1.54, 1.807) is 23.1 Å². The van der Waals surface area contributed by atoms with Crippen molar-refractivity contribution in [2.45, 2.75) is 44.8 Å². The molecule has 0 saturated carbocycles. The molecule has 1 aromatic carbocycles. The van der Waals surface area contributed by atoms with Gasteiger partial charge in [-0.25, -0.2) is 4.98 Å². The molecule has 0 amide bonds. The Balaban J connectivity index is 1.99. The summed E-state index contributed by atoms with van der Waals surface area (Å²) in [7, 11) is 0. The molecule has 0 fully saturated rings. The predicted octanol–water partition coefficient (Wildman–Crippen LogP) is 5.07. The lowest BCUT2D eigenvalue weighted by Crippen LogP contribution is -2.12. The minimum absolute atomic E-state index is 0.0275. The molecule has 0 aliphatic carbocycles. The zero-order valence-electron chi connectivity index (χ0n) is 14.0. The summed E-state index contributed by atoms with van der Waals surface area (Å²) in [6.45, 7) is 10.3. The molecule has 0 saturated heterocycles. The summed E-state index contributed by atoms with van der Waals surface area (Å²) in [5.74, 6) is 0.745. The number of aromatic nitrogens is 2. The highest BCUT2D eigenvalue weighted by molar-refractivity contribution is 7.99. The van der Waals surface area contributed by atoms with Crippen molar-refractivity contribution < 1.29 is 0 Å². The van der Waals surface area contributed by atoms with Gasteiger partial charge in [-0.3, -0.25) is 4.79 Å². The van der Waals surface area contributed by atoms with E-state index in [0.717, 1.165) is 26.5 Å². The minimum Gasteiger partial charge on any atom is -0.309 e. The summed E-state index contributed by atoms with van der Waals surface area (Å²) >= 11 is 3.33. The van der Waals surface area contributed by atoms with Gasteiger partial charge in [-0.05, 0) is 51.8 Å². The first-order valence-corrected chi connectivity index (χ1v) is 9.30. The van der Waals surface area contributed by atoms with Crippen LogP contribution >= 0.6 is 23.1 Å². The van der Waals surface area contributed by atoms with Gasteiger partial charge in [-0.15, -0.1) is 23.1 Å². The Morgan fingerprint density at radius 2 is 1.96 bits per heavy atom. The van der Waals surface area contributed by atoms with Crippen molar-refractivity contribution in [3.63, 3.8) is 0 Å². The van der Waals surface area contributed by atoms with Gasteiger partial charge in [-0.1, -0.05) is 17.7 Å². The molecule has 0 spiro atoms. The van der Waals surface area contributed by atoms with E-state index in [-0.39, 0.29) is 10.8 Å². The largest absolute Gasteiger partial charge is 0.309 e. The van der Waals surface area contributed by atoms with Crippen LogP contribution < -0.4 is 5.56 Å². The summed E-state index contributed by atoms with van der Waals surface area (Å²) in [5, 5.41) is 0.829. The highest BCUT2D eigenvalue weighted by Gasteiger charge is 2.16. The Kier molecular flexibility index (Phi) is 4.34. The summed E-state index contributed by atoms with van der Waals surface area (Å²) in [6.07, 6.45) is 0. The molecule has 0 aliphatic rings. The smallest absolute Gasteiger partial charge is 0.259 e. The topological polar surface area (TPSA) is 45.8 Å². The number of thioether (sulfide) groups is 1. The van der Waals surface area contributed by atoms with E-state index >= 15 is 0 Å². The zero-order chi connectivity index (χ0) is 16.7. The van der Waals surface area contributed by atoms with Crippen molar-refractivity contribution in [2.75, 3.05) is 0 Å². The number of nitrogens with one attached hydrogen (secondary N) is 1. The van der Waals surface area contributed by atoms with Gasteiger partial charge in [0.15, 0.2) is 0 Å². The first-order valence-electron chi connectivity index (χ1n) is 7.60. The van der Waals surface area contributed by atoms with Crippen LogP contribution in [0.2, 0.25) is 0 Å². The summed E-state index contributed by atoms with van der Waals surface area (Å²) in [4.78, 5) is 23.3. The van der Waals surface area contributed by atoms with Crippen LogP contribution in [0.25, 0.3) is 10.2 Å². The zero-order valence-corrected chi connectivity index (χ0v) is 15.6. The second-order valence-electron chi connectivity index (χ2n) is 5.94. The fourth-order valence-corrected chi connectivity index (χ4v) is 4.69. The number of hydrogen-bond acceptors (Lipinski definition) is 4. The van der Waals surface area contributed by atoms with Crippen LogP contribution in [0.4, 0.5) is 0 Å². The average Bonchev–Trinajstić information content (AvgIpc) is 2.78. The number of rotatable bonds is 3. The van der Waals surface area contributed by atoms with Crippen molar-refractivity contribution in [3.8, 4) is 0 Å². The normalized spacial score (nSPS) is 12.7. The monoisotopic (exact) mass is 344 g/mol. The Hall–Kier alpha value is -1.59. The maximum Gasteiger partial charge on any atom is 0.259 e. The fraction of sp³-hybridized carbons (Fsp3) is 0.333. The molecule has 0 unspecified atom stereocenters. The van der Waals surface area contributed by atoms with E-state index in [1.807, 2.05) is 13.8 Å². The third-order valence-electron chi connectivity index (χ3n) is 4.09. The molecule has 0 bridgehead atoms. The lowest BCUT2D eigenvalue weighted by Gasteiger charge is -2.13. The van der Waals surface area contributed by atoms with E-state index in [2.05, 4.69) is 44.0 Å². The number of benzene rings is 1. The number of aryl methyl sites for hydroxylation is 4. The Morgan fingerprint density at radius 1 is 1.22 bits per heavy atom. The van der Waals surface area contributed by atoms with Crippen LogP contribution in [0.1, 0.15) is 39.6 Å². The average molecular weight is 345 g/mol. The summed E-state index contributed by atoms with van der Waals surface area (Å²) in [6, 6.07) is 6.44. The number of nitrogens with zero attached hydrogens (tertiary/aromatic N) is 1. The van der Waals surface area contributed by atoms with Gasteiger partial charge in [-0.2, -0.15) is 0 Å². The maximum atomic E-state index is 12.4. The quantitative estimate of drug-likeness (QED) is 0.675. The van der Waals surface area contributed by atoms with Gasteiger partial charge in [0, 0.05) is 9.77 Å². The van der Waals surface area contributed by atoms with Crippen molar-refractivity contribution in [2.24, 2.45) is 0 Å². The summed E-state index contributed by atoms with van der Waals surface area (Å²) in [5.41, 5.74) is 3.51. The molecular weight excluding hydrogens is 324 g/mol. The molecule has 2 heterocycles. The molecule has 1 atom stereocenters. The first-order chi connectivity index (χ1) is 10.9. The molecule has 3 rings (SSSR count). The molecule has 23 heavy (non-hydrogen) atoms. The Labute approximate surface area is 144 Å². The third kappa shape index (κ3) is 3.08. The van der Waals surface area contributed by atoms with Crippen LogP contribution in [-0.2, 0) is 0 Å². The molecule has 3 aromatic rings. The number of thiophene rings is 1. The van der Waals surface area contributed by atoms with Crippen LogP contribution in [0.5, 0.6) is 0 Å². The minimum atomic E-state index is -0.0275. The van der Waals surface area contributed by atoms with Gasteiger partial charge < -0.3 is 4.98 Å². The summed E-state index contributed by atoms with van der Waals surface area (Å²) < 4.78 is 0. The number of fused-ring (bicyclic) bond motifs is 1. The lowest BCUT2D eigenvalue weighted by atomic mass is 10.2. The van der Waals surface area contributed by atoms with E-state index in [4.69, 9.17) is 4.98 Å². The van der Waals surface area contributed by atoms with Gasteiger partial charge in [0.1, 0.15) is 10.7 Å². The maximum absolute atomic E-state index is 12.4. The van der Waals surface area contributed by atoms with E-state index in [1.165, 1.54) is 16.0 Å². The second-order valence-corrected chi connectivity index (χ2v) is 8.53. The first kappa shape index (κ1) is 16.3. The Bertz CT molecular complexity index is 940. The van der Waals surface area contributed by atoms with Gasteiger partial charge >= 0.3 is 0 Å². The van der Waals surface area contributed by atoms with E-state index in [9.17, 15) is 4.79 Å². The van der Waals surface area contributed by atoms with Crippen molar-refractivity contribution in [1.82, 2.24) is 9.97 Å². The van der Waals surface area contributed by atoms with Crippen LogP contribution in [0.15, 0.2) is 27.9 Å². The SMILES string of the molecule is Cc1ccc(C)c(S[C@H](C)c2nc3sc(C)c(C)c3c(=O)[nH]2)c1. The molecule has 120 valence electrons. The lowest BCUT2D eigenvalue weighted by molar-refractivity contribution is 0.924. The molecule has 3 nitrogen and oxygen atoms in total. The highest BCUT2D eigenvalue weighted by atomic mass is 32.2. The van der Waals surface area contributed by atoms with E-state index < -0.39 is 0 Å². The molecule has 0 radical (unpaired) electrons. The van der Waals surface area contributed by atoms with Crippen LogP contribution in [-0.4, -0.2) is 9.97 Å². The highest BCUT2D eigenvalue weighted by Crippen LogP contribution is 2.36. The van der Waals surface area contributed by atoms with Crippen LogP contribution in [0, 0.1) is 27.7 Å². The standard InChI is InChI=1S/C18H20N2OS2/c1-9-6-7-10(2)14(8-9)22-13(5)16-19-17(21)15-11(3)12(4)23-18(15)20-16/h6-8,13H,1-5H3,(H,19,20,21)/t13-/m1/s1. The molecule has 5 heteroatoms. The molecule has 2 aromatic heterocycles. The molecule has 0 aliphatic heterocycles. The second kappa shape index (κ2) is 6.13. The third-order valence-corrected chi connectivity index (χ3v) is 6.46.